The number of pyridine rings is 2. The molecule has 222 valence electrons. The van der Waals surface area contributed by atoms with E-state index in [1.54, 1.807) is 0 Å². The van der Waals surface area contributed by atoms with Crippen LogP contribution in [0, 0.1) is 10.8 Å². The molecule has 1 spiro atoms. The molecule has 43 heavy (non-hydrogen) atoms. The Balaban J connectivity index is 1.22. The van der Waals surface area contributed by atoms with Crippen LogP contribution in [0.5, 0.6) is 0 Å². The quantitative estimate of drug-likeness (QED) is 0.277. The number of rotatable bonds is 4. The Morgan fingerprint density at radius 2 is 1.88 bits per heavy atom. The first kappa shape index (κ1) is 28.8. The van der Waals surface area contributed by atoms with Crippen LogP contribution in [-0.2, 0) is 17.6 Å². The molecule has 0 unspecified atom stereocenters. The average Bonchev–Trinajstić information content (AvgIpc) is 3.24. The lowest BCUT2D eigenvalue weighted by atomic mass is 9.69. The second-order valence-electron chi connectivity index (χ2n) is 13.2. The van der Waals surface area contributed by atoms with Crippen LogP contribution < -0.4 is 11.1 Å². The molecule has 0 saturated carbocycles. The minimum atomic E-state index is -0.559. The number of anilines is 1. The third kappa shape index (κ3) is 5.99. The van der Waals surface area contributed by atoms with E-state index >= 15 is 0 Å². The third-order valence-corrected chi connectivity index (χ3v) is 9.04. The Hall–Kier alpha value is -4.26. The molecule has 6 rings (SSSR count). The van der Waals surface area contributed by atoms with E-state index in [0.717, 1.165) is 79.5 Å². The number of nitrogens with zero attached hydrogens (tertiary/aromatic N) is 2. The standard InChI is InChI=1S/C36H41N5O2/c1-35(2,3)43-34(42)41-32-27-12-6-4-10-26(27)22-36(32)18-16-23(17-19-36)30-15-14-28(33(38)40-30)31(37)25-9-5-7-13-29-24(21-25)11-8-20-39-29/h4,6,8,10-12,14-16,20-21,32,37H,5,7,9,13,17-19,22H2,1-3H3,(H2,38,40)(H,41,42)/b25-21-,37-31?/t32-,36-/m1/s1. The third-order valence-electron chi connectivity index (χ3n) is 9.04. The maximum absolute atomic E-state index is 12.9. The molecular formula is C36H41N5O2. The van der Waals surface area contributed by atoms with Crippen molar-refractivity contribution < 1.29 is 9.53 Å². The summed E-state index contributed by atoms with van der Waals surface area (Å²) in [5.74, 6) is 0.385. The molecular weight excluding hydrogens is 534 g/mol. The summed E-state index contributed by atoms with van der Waals surface area (Å²) < 4.78 is 5.64. The molecule has 0 bridgehead atoms. The van der Waals surface area contributed by atoms with Gasteiger partial charge in [-0.15, -0.1) is 0 Å². The summed E-state index contributed by atoms with van der Waals surface area (Å²) in [5.41, 5.74) is 14.6. The number of ether oxygens (including phenoxy) is 1. The van der Waals surface area contributed by atoms with Crippen molar-refractivity contribution in [3.63, 3.8) is 0 Å². The number of aromatic nitrogens is 2. The van der Waals surface area contributed by atoms with Crippen molar-refractivity contribution in [1.82, 2.24) is 15.3 Å². The Labute approximate surface area is 254 Å². The second kappa shape index (κ2) is 11.4. The maximum Gasteiger partial charge on any atom is 0.408 e. The normalized spacial score (nSPS) is 22.7. The lowest BCUT2D eigenvalue weighted by Gasteiger charge is -2.39. The zero-order valence-corrected chi connectivity index (χ0v) is 25.4. The van der Waals surface area contributed by atoms with Crippen LogP contribution in [0.3, 0.4) is 0 Å². The predicted molar refractivity (Wildman–Crippen MR) is 172 cm³/mol. The molecule has 0 fully saturated rings. The molecule has 7 heteroatoms. The number of carbonyl (C=O) groups is 1. The van der Waals surface area contributed by atoms with Gasteiger partial charge in [-0.2, -0.15) is 0 Å². The number of hydrogen-bond donors (Lipinski definition) is 3. The van der Waals surface area contributed by atoms with Crippen molar-refractivity contribution in [2.45, 2.75) is 83.8 Å². The van der Waals surface area contributed by atoms with E-state index in [1.165, 1.54) is 11.1 Å². The molecule has 1 amide bonds. The van der Waals surface area contributed by atoms with E-state index in [0.29, 0.717) is 17.1 Å². The van der Waals surface area contributed by atoms with Crippen LogP contribution in [-0.4, -0.2) is 27.4 Å². The molecule has 7 nitrogen and oxygen atoms in total. The Bertz CT molecular complexity index is 1630. The van der Waals surface area contributed by atoms with Gasteiger partial charge in [0.2, 0.25) is 0 Å². The Morgan fingerprint density at radius 1 is 1.07 bits per heavy atom. The van der Waals surface area contributed by atoms with Crippen molar-refractivity contribution in [1.29, 1.82) is 5.41 Å². The number of amides is 1. The highest BCUT2D eigenvalue weighted by atomic mass is 16.6. The fraction of sp³-hybridized carbons (Fsp3) is 0.389. The summed E-state index contributed by atoms with van der Waals surface area (Å²) in [7, 11) is 0. The monoisotopic (exact) mass is 575 g/mol. The molecule has 3 aromatic rings. The summed E-state index contributed by atoms with van der Waals surface area (Å²) in [6, 6.07) is 16.3. The lowest BCUT2D eigenvalue weighted by molar-refractivity contribution is 0.0442. The predicted octanol–water partition coefficient (Wildman–Crippen LogP) is 7.61. The van der Waals surface area contributed by atoms with Crippen LogP contribution in [0.15, 0.2) is 66.4 Å². The number of benzene rings is 1. The minimum absolute atomic E-state index is 0.116. The van der Waals surface area contributed by atoms with Gasteiger partial charge < -0.3 is 15.8 Å². The number of fused-ring (bicyclic) bond motifs is 2. The van der Waals surface area contributed by atoms with Gasteiger partial charge in [-0.3, -0.25) is 10.4 Å². The topological polar surface area (TPSA) is 114 Å². The number of nitrogens with one attached hydrogen (secondary N) is 2. The number of alkyl carbamates (subject to hydrolysis) is 1. The number of carbonyl (C=O) groups excluding carboxylic acids is 1. The van der Waals surface area contributed by atoms with Crippen molar-refractivity contribution in [3.8, 4) is 0 Å². The van der Waals surface area contributed by atoms with Crippen LogP contribution in [0.1, 0.15) is 99.0 Å². The second-order valence-corrected chi connectivity index (χ2v) is 13.2. The average molecular weight is 576 g/mol. The first-order chi connectivity index (χ1) is 20.6. The molecule has 3 aliphatic carbocycles. The van der Waals surface area contributed by atoms with Crippen LogP contribution in [0.25, 0.3) is 11.6 Å². The van der Waals surface area contributed by atoms with E-state index < -0.39 is 5.60 Å². The van der Waals surface area contributed by atoms with E-state index in [-0.39, 0.29) is 17.6 Å². The summed E-state index contributed by atoms with van der Waals surface area (Å²) in [6.07, 6.45) is 13.2. The molecule has 3 aliphatic rings. The van der Waals surface area contributed by atoms with Gasteiger partial charge in [-0.05, 0) is 124 Å². The number of nitrogen functional groups attached to an aromatic ring is 1. The molecule has 0 radical (unpaired) electrons. The van der Waals surface area contributed by atoms with Crippen LogP contribution >= 0.6 is 0 Å². The fourth-order valence-corrected chi connectivity index (χ4v) is 6.91. The van der Waals surface area contributed by atoms with Gasteiger partial charge in [0.05, 0.1) is 17.4 Å². The van der Waals surface area contributed by atoms with Gasteiger partial charge in [-0.1, -0.05) is 36.4 Å². The number of hydrogen-bond acceptors (Lipinski definition) is 6. The van der Waals surface area contributed by atoms with Crippen LogP contribution in [0.4, 0.5) is 10.6 Å². The zero-order valence-electron chi connectivity index (χ0n) is 25.4. The number of nitrogens with two attached hydrogens (primary N) is 1. The fourth-order valence-electron chi connectivity index (χ4n) is 6.91. The smallest absolute Gasteiger partial charge is 0.408 e. The Morgan fingerprint density at radius 3 is 2.65 bits per heavy atom. The van der Waals surface area contributed by atoms with E-state index in [1.807, 2.05) is 51.2 Å². The van der Waals surface area contributed by atoms with Crippen LogP contribution in [0.2, 0.25) is 0 Å². The van der Waals surface area contributed by atoms with E-state index in [2.05, 4.69) is 46.7 Å². The van der Waals surface area contributed by atoms with Gasteiger partial charge in [0.15, 0.2) is 0 Å². The highest BCUT2D eigenvalue weighted by Gasteiger charge is 2.47. The maximum atomic E-state index is 12.9. The molecule has 2 aromatic heterocycles. The van der Waals surface area contributed by atoms with Gasteiger partial charge in [0.1, 0.15) is 11.4 Å². The van der Waals surface area contributed by atoms with Crippen molar-refractivity contribution in [2.24, 2.45) is 5.41 Å². The van der Waals surface area contributed by atoms with Gasteiger partial charge >= 0.3 is 6.09 Å². The Kier molecular flexibility index (Phi) is 7.67. The largest absolute Gasteiger partial charge is 0.444 e. The van der Waals surface area contributed by atoms with Crippen molar-refractivity contribution in [3.05, 3.63) is 100 Å². The van der Waals surface area contributed by atoms with Crippen molar-refractivity contribution in [2.75, 3.05) is 5.73 Å². The summed E-state index contributed by atoms with van der Waals surface area (Å²) in [5, 5.41) is 12.2. The summed E-state index contributed by atoms with van der Waals surface area (Å²) >= 11 is 0. The van der Waals surface area contributed by atoms with Crippen molar-refractivity contribution >= 4 is 29.3 Å². The van der Waals surface area contributed by atoms with Gasteiger partial charge in [0, 0.05) is 22.9 Å². The minimum Gasteiger partial charge on any atom is -0.444 e. The summed E-state index contributed by atoms with van der Waals surface area (Å²) in [4.78, 5) is 22.2. The molecule has 1 aromatic carbocycles. The summed E-state index contributed by atoms with van der Waals surface area (Å²) in [6.45, 7) is 5.66. The van der Waals surface area contributed by atoms with Gasteiger partial charge in [-0.25, -0.2) is 9.78 Å². The zero-order chi connectivity index (χ0) is 30.2. The molecule has 2 heterocycles. The molecule has 0 saturated heterocycles. The first-order valence-electron chi connectivity index (χ1n) is 15.4. The number of allylic oxidation sites excluding steroid dienone is 3. The van der Waals surface area contributed by atoms with E-state index in [9.17, 15) is 4.79 Å². The highest BCUT2D eigenvalue weighted by molar-refractivity contribution is 6.15. The highest BCUT2D eigenvalue weighted by Crippen LogP contribution is 2.54. The molecule has 2 atom stereocenters. The first-order valence-corrected chi connectivity index (χ1v) is 15.4. The lowest BCUT2D eigenvalue weighted by Crippen LogP contribution is -2.42. The number of aryl methyl sites for hydroxylation is 1. The molecule has 0 aliphatic heterocycles. The SMILES string of the molecule is CC(C)(C)OC(=O)N[C@@H]1c2ccccc2C[C@]12CC=C(c1ccc(C(=N)/C3=C\c4cccnc4CCCC3)c(N)n1)CC2. The molecule has 4 N–H and O–H groups in total. The van der Waals surface area contributed by atoms with Gasteiger partial charge in [0.25, 0.3) is 0 Å². The van der Waals surface area contributed by atoms with E-state index in [4.69, 9.17) is 20.9 Å².